The predicted molar refractivity (Wildman–Crippen MR) is 104 cm³/mol. The van der Waals surface area contributed by atoms with Crippen molar-refractivity contribution in [3.8, 4) is 0 Å². The van der Waals surface area contributed by atoms with Crippen molar-refractivity contribution in [2.75, 3.05) is 12.4 Å². The average molecular weight is 368 g/mol. The third-order valence-corrected chi connectivity index (χ3v) is 4.39. The zero-order valence-electron chi connectivity index (χ0n) is 14.7. The first-order chi connectivity index (χ1) is 12.4. The highest BCUT2D eigenvalue weighted by Gasteiger charge is 2.17. The molecule has 0 saturated heterocycles. The molecule has 0 aliphatic rings. The lowest BCUT2D eigenvalue weighted by atomic mass is 10.0. The number of pyridine rings is 1. The second kappa shape index (κ2) is 7.14. The minimum atomic E-state index is -0.417. The van der Waals surface area contributed by atoms with Gasteiger partial charge in [-0.1, -0.05) is 35.4 Å². The molecule has 1 aromatic heterocycles. The van der Waals surface area contributed by atoms with Gasteiger partial charge in [0, 0.05) is 12.4 Å². The Kier molecular flexibility index (Phi) is 4.91. The lowest BCUT2D eigenvalue weighted by molar-refractivity contribution is 0.0964. The number of hydrogen-bond donors (Lipinski definition) is 2. The van der Waals surface area contributed by atoms with Crippen molar-refractivity contribution >= 4 is 40.0 Å². The molecule has 2 aromatic carbocycles. The van der Waals surface area contributed by atoms with E-state index in [1.807, 2.05) is 26.0 Å². The Hall–Kier alpha value is -2.92. The van der Waals surface area contributed by atoms with Gasteiger partial charge in [-0.25, -0.2) is 4.98 Å². The lowest BCUT2D eigenvalue weighted by Crippen LogP contribution is -2.21. The summed E-state index contributed by atoms with van der Waals surface area (Å²) < 4.78 is 0. The molecular weight excluding hydrogens is 350 g/mol. The second-order valence-electron chi connectivity index (χ2n) is 6.06. The number of benzene rings is 2. The molecule has 0 saturated carbocycles. The van der Waals surface area contributed by atoms with Gasteiger partial charge in [0.2, 0.25) is 0 Å². The van der Waals surface area contributed by atoms with Crippen LogP contribution in [0.5, 0.6) is 0 Å². The Labute approximate surface area is 156 Å². The number of rotatable bonds is 3. The van der Waals surface area contributed by atoms with Crippen LogP contribution in [0.25, 0.3) is 10.9 Å². The van der Waals surface area contributed by atoms with Crippen LogP contribution in [0, 0.1) is 13.8 Å². The maximum absolute atomic E-state index is 12.7. The van der Waals surface area contributed by atoms with Crippen molar-refractivity contribution in [1.29, 1.82) is 0 Å². The molecule has 0 unspecified atom stereocenters. The molecule has 5 nitrogen and oxygen atoms in total. The smallest absolute Gasteiger partial charge is 0.258 e. The van der Waals surface area contributed by atoms with Crippen molar-refractivity contribution in [3.05, 3.63) is 69.9 Å². The van der Waals surface area contributed by atoms with Crippen molar-refractivity contribution in [2.24, 2.45) is 0 Å². The van der Waals surface area contributed by atoms with E-state index in [4.69, 9.17) is 11.6 Å². The highest BCUT2D eigenvalue weighted by Crippen LogP contribution is 2.25. The monoisotopic (exact) mass is 367 g/mol. The molecule has 3 rings (SSSR count). The summed E-state index contributed by atoms with van der Waals surface area (Å²) in [5.41, 5.74) is 3.89. The highest BCUT2D eigenvalue weighted by molar-refractivity contribution is 6.34. The third kappa shape index (κ3) is 3.39. The normalized spacial score (nSPS) is 10.6. The largest absolute Gasteiger partial charge is 0.355 e. The van der Waals surface area contributed by atoms with E-state index >= 15 is 0 Å². The quantitative estimate of drug-likeness (QED) is 0.684. The molecule has 132 valence electrons. The Morgan fingerprint density at radius 2 is 1.73 bits per heavy atom. The van der Waals surface area contributed by atoms with Crippen LogP contribution in [-0.2, 0) is 0 Å². The van der Waals surface area contributed by atoms with Gasteiger partial charge in [0.05, 0.1) is 22.3 Å². The molecule has 3 aromatic rings. The fraction of sp³-hybridized carbons (Fsp3) is 0.150. The number of halogens is 1. The molecule has 0 atom stereocenters. The number of nitrogens with one attached hydrogen (secondary N) is 2. The Bertz CT molecular complexity index is 1030. The van der Waals surface area contributed by atoms with Gasteiger partial charge in [0.25, 0.3) is 11.8 Å². The van der Waals surface area contributed by atoms with Gasteiger partial charge in [-0.15, -0.1) is 0 Å². The number of hydrogen-bond acceptors (Lipinski definition) is 3. The topological polar surface area (TPSA) is 71.1 Å². The molecular formula is C20H18ClN3O2. The number of aryl methyl sites for hydroxylation is 2. The summed E-state index contributed by atoms with van der Waals surface area (Å²) in [5.74, 6) is -0.699. The van der Waals surface area contributed by atoms with E-state index in [0.717, 1.165) is 22.0 Å². The van der Waals surface area contributed by atoms with Gasteiger partial charge in [-0.2, -0.15) is 0 Å². The second-order valence-corrected chi connectivity index (χ2v) is 6.42. The van der Waals surface area contributed by atoms with E-state index in [1.54, 1.807) is 30.3 Å². The van der Waals surface area contributed by atoms with Crippen molar-refractivity contribution in [3.63, 3.8) is 0 Å². The van der Waals surface area contributed by atoms with Gasteiger partial charge >= 0.3 is 0 Å². The maximum atomic E-state index is 12.7. The Morgan fingerprint density at radius 3 is 2.46 bits per heavy atom. The first-order valence-electron chi connectivity index (χ1n) is 8.10. The van der Waals surface area contributed by atoms with Crippen LogP contribution in [0.1, 0.15) is 31.8 Å². The number of carbonyl (C=O) groups is 2. The van der Waals surface area contributed by atoms with Crippen molar-refractivity contribution in [2.45, 2.75) is 13.8 Å². The van der Waals surface area contributed by atoms with Crippen LogP contribution in [0.3, 0.4) is 0 Å². The molecule has 0 aliphatic heterocycles. The Balaban J connectivity index is 2.01. The molecule has 0 fully saturated rings. The van der Waals surface area contributed by atoms with Gasteiger partial charge in [0.1, 0.15) is 5.15 Å². The molecule has 0 spiro atoms. The predicted octanol–water partition coefficient (Wildman–Crippen LogP) is 4.12. The summed E-state index contributed by atoms with van der Waals surface area (Å²) in [7, 11) is 1.54. The summed E-state index contributed by atoms with van der Waals surface area (Å²) in [6.07, 6.45) is 0. The third-order valence-electron chi connectivity index (χ3n) is 4.10. The number of carbonyl (C=O) groups excluding carboxylic acids is 2. The number of para-hydroxylation sites is 1. The minimum absolute atomic E-state index is 0.124. The van der Waals surface area contributed by atoms with Gasteiger partial charge in [-0.3, -0.25) is 9.59 Å². The number of amides is 2. The van der Waals surface area contributed by atoms with Gasteiger partial charge in [-0.05, 0) is 43.7 Å². The summed E-state index contributed by atoms with van der Waals surface area (Å²) in [6.45, 7) is 3.94. The molecule has 2 amide bonds. The van der Waals surface area contributed by atoms with E-state index in [1.165, 1.54) is 7.05 Å². The molecule has 6 heteroatoms. The van der Waals surface area contributed by atoms with Crippen LogP contribution in [0.15, 0.2) is 42.5 Å². The molecule has 26 heavy (non-hydrogen) atoms. The van der Waals surface area contributed by atoms with E-state index < -0.39 is 5.91 Å². The van der Waals surface area contributed by atoms with Crippen LogP contribution >= 0.6 is 11.6 Å². The van der Waals surface area contributed by atoms with E-state index in [2.05, 4.69) is 15.6 Å². The summed E-state index contributed by atoms with van der Waals surface area (Å²) in [4.78, 5) is 29.1. The lowest BCUT2D eigenvalue weighted by Gasteiger charge is -2.12. The SMILES string of the molecule is CNC(=O)c1ccccc1NC(=O)c1cc2cc(C)cc(C)c2nc1Cl. The van der Waals surface area contributed by atoms with Gasteiger partial charge in [0.15, 0.2) is 0 Å². The average Bonchev–Trinajstić information content (AvgIpc) is 2.61. The first kappa shape index (κ1) is 17.9. The molecule has 0 radical (unpaired) electrons. The summed E-state index contributed by atoms with van der Waals surface area (Å²) in [6, 6.07) is 12.5. The van der Waals surface area contributed by atoms with E-state index in [0.29, 0.717) is 11.3 Å². The van der Waals surface area contributed by atoms with Crippen LogP contribution in [0.4, 0.5) is 5.69 Å². The van der Waals surface area contributed by atoms with Crippen molar-refractivity contribution in [1.82, 2.24) is 10.3 Å². The van der Waals surface area contributed by atoms with Crippen molar-refractivity contribution < 1.29 is 9.59 Å². The maximum Gasteiger partial charge on any atom is 0.258 e. The Morgan fingerprint density at radius 1 is 1.00 bits per heavy atom. The fourth-order valence-corrected chi connectivity index (χ4v) is 3.13. The first-order valence-corrected chi connectivity index (χ1v) is 8.48. The van der Waals surface area contributed by atoms with E-state index in [9.17, 15) is 9.59 Å². The number of nitrogens with zero attached hydrogens (tertiary/aromatic N) is 1. The van der Waals surface area contributed by atoms with Crippen LogP contribution in [-0.4, -0.2) is 23.8 Å². The zero-order chi connectivity index (χ0) is 18.8. The van der Waals surface area contributed by atoms with E-state index in [-0.39, 0.29) is 16.6 Å². The fourth-order valence-electron chi connectivity index (χ4n) is 2.90. The minimum Gasteiger partial charge on any atom is -0.355 e. The highest BCUT2D eigenvalue weighted by atomic mass is 35.5. The zero-order valence-corrected chi connectivity index (χ0v) is 15.4. The number of anilines is 1. The molecule has 1 heterocycles. The van der Waals surface area contributed by atoms with Crippen LogP contribution < -0.4 is 10.6 Å². The van der Waals surface area contributed by atoms with Gasteiger partial charge < -0.3 is 10.6 Å². The molecule has 0 bridgehead atoms. The number of fused-ring (bicyclic) bond motifs is 1. The van der Waals surface area contributed by atoms with Crippen LogP contribution in [0.2, 0.25) is 5.15 Å². The summed E-state index contributed by atoms with van der Waals surface area (Å²) >= 11 is 6.25. The standard InChI is InChI=1S/C20H18ClN3O2/c1-11-8-12(2)17-13(9-11)10-15(18(21)24-17)20(26)23-16-7-5-4-6-14(16)19(25)22-3/h4-10H,1-3H3,(H,22,25)(H,23,26). The molecule has 0 aliphatic carbocycles. The number of aromatic nitrogens is 1. The summed E-state index contributed by atoms with van der Waals surface area (Å²) in [5, 5.41) is 6.28. The molecule has 2 N–H and O–H groups in total.